The minimum atomic E-state index is 0.0404. The van der Waals surface area contributed by atoms with Crippen LogP contribution < -0.4 is 10.6 Å². The van der Waals surface area contributed by atoms with Gasteiger partial charge in [-0.25, -0.2) is 0 Å². The van der Waals surface area contributed by atoms with Crippen molar-refractivity contribution in [1.29, 1.82) is 0 Å². The molecule has 0 bridgehead atoms. The molecule has 1 aromatic carbocycles. The molecule has 1 aromatic heterocycles. The third kappa shape index (κ3) is 3.42. The average molecular weight is 269 g/mol. The van der Waals surface area contributed by atoms with E-state index in [0.29, 0.717) is 19.5 Å². The number of carbonyl (C=O) groups is 1. The number of anilines is 1. The Hall–Kier alpha value is -2.20. The minimum absolute atomic E-state index is 0.0404. The Labute approximate surface area is 119 Å². The molecule has 2 N–H and O–H groups in total. The van der Waals surface area contributed by atoms with Crippen molar-refractivity contribution < 1.29 is 4.79 Å². The van der Waals surface area contributed by atoms with Crippen LogP contribution in [0.15, 0.2) is 48.8 Å². The molecule has 1 amide bonds. The van der Waals surface area contributed by atoms with Crippen molar-refractivity contribution >= 4 is 11.6 Å². The SMILES string of the molecule is Cc1ccccc1N(Cc1ccncc1)C(=O)CCN. The zero-order chi connectivity index (χ0) is 14.4. The molecule has 4 heteroatoms. The first kappa shape index (κ1) is 14.2. The molecule has 0 aliphatic heterocycles. The van der Waals surface area contributed by atoms with Crippen LogP contribution in [0.5, 0.6) is 0 Å². The van der Waals surface area contributed by atoms with Crippen molar-refractivity contribution in [2.45, 2.75) is 19.9 Å². The van der Waals surface area contributed by atoms with E-state index in [-0.39, 0.29) is 5.91 Å². The second-order valence-electron chi connectivity index (χ2n) is 4.66. The van der Waals surface area contributed by atoms with Crippen LogP contribution in [-0.4, -0.2) is 17.4 Å². The Balaban J connectivity index is 2.30. The number of nitrogens with two attached hydrogens (primary N) is 1. The normalized spacial score (nSPS) is 10.3. The number of hydrogen-bond donors (Lipinski definition) is 1. The smallest absolute Gasteiger partial charge is 0.228 e. The lowest BCUT2D eigenvalue weighted by Crippen LogP contribution is -2.32. The van der Waals surface area contributed by atoms with Gasteiger partial charge in [-0.05, 0) is 36.2 Å². The summed E-state index contributed by atoms with van der Waals surface area (Å²) in [6.07, 6.45) is 3.82. The third-order valence-corrected chi connectivity index (χ3v) is 3.16. The number of aromatic nitrogens is 1. The van der Waals surface area contributed by atoms with Gasteiger partial charge in [0.2, 0.25) is 5.91 Å². The van der Waals surface area contributed by atoms with Gasteiger partial charge < -0.3 is 10.6 Å². The number of rotatable bonds is 5. The Bertz CT molecular complexity index is 569. The van der Waals surface area contributed by atoms with E-state index in [0.717, 1.165) is 16.8 Å². The molecule has 0 spiro atoms. The summed E-state index contributed by atoms with van der Waals surface area (Å²) in [5.74, 6) is 0.0404. The standard InChI is InChI=1S/C16H19N3O/c1-13-4-2-3-5-15(13)19(16(20)6-9-17)12-14-7-10-18-11-8-14/h2-5,7-8,10-11H,6,9,12,17H2,1H3. The highest BCUT2D eigenvalue weighted by molar-refractivity contribution is 5.94. The fourth-order valence-electron chi connectivity index (χ4n) is 2.10. The number of pyridine rings is 1. The minimum Gasteiger partial charge on any atom is -0.330 e. The molecule has 104 valence electrons. The average Bonchev–Trinajstić information content (AvgIpc) is 2.47. The monoisotopic (exact) mass is 269 g/mol. The van der Waals surface area contributed by atoms with E-state index in [2.05, 4.69) is 4.98 Å². The van der Waals surface area contributed by atoms with Gasteiger partial charge in [-0.2, -0.15) is 0 Å². The Morgan fingerprint density at radius 3 is 2.55 bits per heavy atom. The van der Waals surface area contributed by atoms with Gasteiger partial charge in [-0.1, -0.05) is 18.2 Å². The molecule has 0 saturated carbocycles. The van der Waals surface area contributed by atoms with Crippen LogP contribution >= 0.6 is 0 Å². The lowest BCUT2D eigenvalue weighted by atomic mass is 10.1. The maximum Gasteiger partial charge on any atom is 0.228 e. The molecular formula is C16H19N3O. The Morgan fingerprint density at radius 1 is 1.20 bits per heavy atom. The van der Waals surface area contributed by atoms with Crippen molar-refractivity contribution in [3.8, 4) is 0 Å². The van der Waals surface area contributed by atoms with E-state index in [1.165, 1.54) is 0 Å². The lowest BCUT2D eigenvalue weighted by Gasteiger charge is -2.24. The molecule has 0 atom stereocenters. The van der Waals surface area contributed by atoms with Gasteiger partial charge in [-0.15, -0.1) is 0 Å². The van der Waals surface area contributed by atoms with Gasteiger partial charge in [0.25, 0.3) is 0 Å². The second-order valence-corrected chi connectivity index (χ2v) is 4.66. The molecule has 2 aromatic rings. The molecule has 0 saturated heterocycles. The maximum absolute atomic E-state index is 12.3. The fourth-order valence-corrected chi connectivity index (χ4v) is 2.10. The number of carbonyl (C=O) groups excluding carboxylic acids is 1. The van der Waals surface area contributed by atoms with E-state index >= 15 is 0 Å². The van der Waals surface area contributed by atoms with Crippen LogP contribution in [0.1, 0.15) is 17.5 Å². The molecule has 0 fully saturated rings. The van der Waals surface area contributed by atoms with Crippen LogP contribution in [0.2, 0.25) is 0 Å². The van der Waals surface area contributed by atoms with Crippen molar-refractivity contribution in [2.24, 2.45) is 5.73 Å². The van der Waals surface area contributed by atoms with Crippen LogP contribution in [0.4, 0.5) is 5.69 Å². The Morgan fingerprint density at radius 2 is 1.90 bits per heavy atom. The zero-order valence-corrected chi connectivity index (χ0v) is 11.6. The van der Waals surface area contributed by atoms with Gasteiger partial charge in [-0.3, -0.25) is 9.78 Å². The molecule has 20 heavy (non-hydrogen) atoms. The number of aryl methyl sites for hydroxylation is 1. The van der Waals surface area contributed by atoms with E-state index in [9.17, 15) is 4.79 Å². The second kappa shape index (κ2) is 6.82. The van der Waals surface area contributed by atoms with Gasteiger partial charge >= 0.3 is 0 Å². The van der Waals surface area contributed by atoms with Crippen molar-refractivity contribution in [1.82, 2.24) is 4.98 Å². The third-order valence-electron chi connectivity index (χ3n) is 3.16. The first-order chi connectivity index (χ1) is 9.72. The highest BCUT2D eigenvalue weighted by atomic mass is 16.2. The summed E-state index contributed by atoms with van der Waals surface area (Å²) in [5.41, 5.74) is 8.58. The lowest BCUT2D eigenvalue weighted by molar-refractivity contribution is -0.118. The Kier molecular flexibility index (Phi) is 4.85. The maximum atomic E-state index is 12.3. The first-order valence-corrected chi connectivity index (χ1v) is 6.67. The zero-order valence-electron chi connectivity index (χ0n) is 11.6. The van der Waals surface area contributed by atoms with Crippen molar-refractivity contribution in [3.63, 3.8) is 0 Å². The van der Waals surface area contributed by atoms with Crippen molar-refractivity contribution in [2.75, 3.05) is 11.4 Å². The topological polar surface area (TPSA) is 59.2 Å². The summed E-state index contributed by atoms with van der Waals surface area (Å²) in [5, 5.41) is 0. The number of amides is 1. The summed E-state index contributed by atoms with van der Waals surface area (Å²) in [6.45, 7) is 2.90. The van der Waals surface area contributed by atoms with Gasteiger partial charge in [0.15, 0.2) is 0 Å². The van der Waals surface area contributed by atoms with Crippen LogP contribution in [0.25, 0.3) is 0 Å². The van der Waals surface area contributed by atoms with Crippen LogP contribution in [-0.2, 0) is 11.3 Å². The van der Waals surface area contributed by atoms with Gasteiger partial charge in [0.05, 0.1) is 6.54 Å². The highest BCUT2D eigenvalue weighted by Crippen LogP contribution is 2.22. The molecule has 0 radical (unpaired) electrons. The molecule has 2 rings (SSSR count). The number of para-hydroxylation sites is 1. The predicted octanol–water partition coefficient (Wildman–Crippen LogP) is 2.27. The summed E-state index contributed by atoms with van der Waals surface area (Å²) < 4.78 is 0. The quantitative estimate of drug-likeness (QED) is 0.905. The summed E-state index contributed by atoms with van der Waals surface area (Å²) in [4.78, 5) is 18.1. The summed E-state index contributed by atoms with van der Waals surface area (Å²) in [6, 6.07) is 11.7. The molecule has 0 aliphatic rings. The number of benzene rings is 1. The van der Waals surface area contributed by atoms with E-state index in [1.54, 1.807) is 17.3 Å². The first-order valence-electron chi connectivity index (χ1n) is 6.67. The van der Waals surface area contributed by atoms with Gasteiger partial charge in [0, 0.05) is 31.0 Å². The van der Waals surface area contributed by atoms with Crippen LogP contribution in [0.3, 0.4) is 0 Å². The molecule has 0 aliphatic carbocycles. The molecule has 1 heterocycles. The number of hydrogen-bond acceptors (Lipinski definition) is 3. The van der Waals surface area contributed by atoms with Crippen molar-refractivity contribution in [3.05, 3.63) is 59.9 Å². The fraction of sp³-hybridized carbons (Fsp3) is 0.250. The predicted molar refractivity (Wildman–Crippen MR) is 80.3 cm³/mol. The van der Waals surface area contributed by atoms with Crippen LogP contribution in [0, 0.1) is 6.92 Å². The van der Waals surface area contributed by atoms with E-state index in [1.807, 2.05) is 43.3 Å². The highest BCUT2D eigenvalue weighted by Gasteiger charge is 2.16. The molecule has 4 nitrogen and oxygen atoms in total. The molecular weight excluding hydrogens is 250 g/mol. The summed E-state index contributed by atoms with van der Waals surface area (Å²) >= 11 is 0. The molecule has 0 unspecified atom stereocenters. The van der Waals surface area contributed by atoms with E-state index in [4.69, 9.17) is 5.73 Å². The number of nitrogens with zero attached hydrogens (tertiary/aromatic N) is 2. The largest absolute Gasteiger partial charge is 0.330 e. The van der Waals surface area contributed by atoms with E-state index < -0.39 is 0 Å². The van der Waals surface area contributed by atoms with Gasteiger partial charge in [0.1, 0.15) is 0 Å². The summed E-state index contributed by atoms with van der Waals surface area (Å²) in [7, 11) is 0.